The van der Waals surface area contributed by atoms with Crippen molar-refractivity contribution in [2.45, 2.75) is 53.1 Å². The van der Waals surface area contributed by atoms with Crippen molar-refractivity contribution in [3.63, 3.8) is 0 Å². The summed E-state index contributed by atoms with van der Waals surface area (Å²) in [4.78, 5) is 17.1. The minimum atomic E-state index is -0.443. The molecule has 2 aromatic carbocycles. The van der Waals surface area contributed by atoms with E-state index in [4.69, 9.17) is 35.4 Å². The molecule has 3 N–H and O–H groups in total. The van der Waals surface area contributed by atoms with Gasteiger partial charge in [-0.15, -0.1) is 0 Å². The molecule has 0 saturated carbocycles. The second-order valence-corrected chi connectivity index (χ2v) is 11.2. The van der Waals surface area contributed by atoms with Crippen molar-refractivity contribution in [2.24, 2.45) is 5.41 Å². The first-order chi connectivity index (χ1) is 15.8. The van der Waals surface area contributed by atoms with Gasteiger partial charge in [0.1, 0.15) is 11.6 Å². The third-order valence-electron chi connectivity index (χ3n) is 5.72. The summed E-state index contributed by atoms with van der Waals surface area (Å²) in [7, 11) is 0. The highest BCUT2D eigenvalue weighted by atomic mass is 35.5. The maximum Gasteiger partial charge on any atom is 0.276 e. The van der Waals surface area contributed by atoms with E-state index < -0.39 is 5.54 Å². The number of rotatable bonds is 5. The molecule has 0 spiro atoms. The second kappa shape index (κ2) is 10.1. The van der Waals surface area contributed by atoms with Crippen LogP contribution < -0.4 is 20.5 Å². The smallest absolute Gasteiger partial charge is 0.276 e. The van der Waals surface area contributed by atoms with Crippen molar-refractivity contribution in [1.29, 1.82) is 0 Å². The van der Waals surface area contributed by atoms with Crippen LogP contribution in [0.15, 0.2) is 48.5 Å². The zero-order chi connectivity index (χ0) is 25.3. The monoisotopic (exact) mass is 517 g/mol. The van der Waals surface area contributed by atoms with Crippen LogP contribution in [0.3, 0.4) is 0 Å². The van der Waals surface area contributed by atoms with Crippen molar-refractivity contribution in [2.75, 3.05) is 10.2 Å². The molecule has 0 radical (unpaired) electrons. The molecule has 8 heteroatoms. The van der Waals surface area contributed by atoms with E-state index in [1.54, 1.807) is 6.07 Å². The molecule has 1 amide bonds. The minimum absolute atomic E-state index is 0.00841. The van der Waals surface area contributed by atoms with Crippen LogP contribution in [0.25, 0.3) is 6.08 Å². The maximum atomic E-state index is 11.3. The van der Waals surface area contributed by atoms with E-state index in [0.29, 0.717) is 15.2 Å². The number of anilines is 2. The van der Waals surface area contributed by atoms with Gasteiger partial charge in [-0.25, -0.2) is 5.32 Å². The molecule has 1 aliphatic heterocycles. The van der Waals surface area contributed by atoms with Crippen LogP contribution in [0.2, 0.25) is 10.0 Å². The van der Waals surface area contributed by atoms with Crippen LogP contribution in [0, 0.1) is 5.41 Å². The van der Waals surface area contributed by atoms with Crippen LogP contribution in [0.4, 0.5) is 11.4 Å². The minimum Gasteiger partial charge on any atom is -0.326 e. The fourth-order valence-corrected chi connectivity index (χ4v) is 4.68. The highest BCUT2D eigenvalue weighted by molar-refractivity contribution is 7.80. The van der Waals surface area contributed by atoms with Gasteiger partial charge in [-0.1, -0.05) is 56.1 Å². The molecular formula is C26H31Cl2N4OS+. The largest absolute Gasteiger partial charge is 0.326 e. The van der Waals surface area contributed by atoms with E-state index in [2.05, 4.69) is 61.2 Å². The molecule has 0 unspecified atom stereocenters. The number of hydrogen-bond acceptors (Lipinski definition) is 2. The molecule has 0 aromatic heterocycles. The molecule has 1 heterocycles. The van der Waals surface area contributed by atoms with Crippen LogP contribution >= 0.6 is 35.4 Å². The molecule has 0 aliphatic carbocycles. The van der Waals surface area contributed by atoms with Gasteiger partial charge >= 0.3 is 0 Å². The Morgan fingerprint density at radius 3 is 2.38 bits per heavy atom. The molecule has 34 heavy (non-hydrogen) atoms. The zero-order valence-corrected chi connectivity index (χ0v) is 22.6. The Kier molecular flexibility index (Phi) is 7.75. The number of amidine groups is 1. The topological polar surface area (TPSA) is 58.3 Å². The lowest BCUT2D eigenvalue weighted by Crippen LogP contribution is -2.86. The van der Waals surface area contributed by atoms with Gasteiger partial charge < -0.3 is 5.32 Å². The summed E-state index contributed by atoms with van der Waals surface area (Å²) in [6.45, 7) is 12.3. The summed E-state index contributed by atoms with van der Waals surface area (Å²) in [6, 6.07) is 13.1. The zero-order valence-electron chi connectivity index (χ0n) is 20.3. The van der Waals surface area contributed by atoms with Crippen molar-refractivity contribution < 1.29 is 9.79 Å². The lowest BCUT2D eigenvalue weighted by molar-refractivity contribution is -0.510. The van der Waals surface area contributed by atoms with Gasteiger partial charge in [-0.2, -0.15) is 0 Å². The molecule has 0 bridgehead atoms. The van der Waals surface area contributed by atoms with Gasteiger partial charge in [0.15, 0.2) is 0 Å². The van der Waals surface area contributed by atoms with Crippen molar-refractivity contribution >= 4 is 69.7 Å². The van der Waals surface area contributed by atoms with Crippen LogP contribution in [0.1, 0.15) is 47.1 Å². The number of amides is 1. The lowest BCUT2D eigenvalue weighted by Gasteiger charge is -2.29. The number of halogens is 2. The van der Waals surface area contributed by atoms with Crippen molar-refractivity contribution in [3.8, 4) is 0 Å². The summed E-state index contributed by atoms with van der Waals surface area (Å²) in [5, 5.41) is 8.00. The fourth-order valence-electron chi connectivity index (χ4n) is 3.78. The van der Waals surface area contributed by atoms with Crippen molar-refractivity contribution in [3.05, 3.63) is 64.1 Å². The average Bonchev–Trinajstić information content (AvgIpc) is 2.93. The van der Waals surface area contributed by atoms with E-state index in [1.165, 1.54) is 6.92 Å². The molecule has 3 rings (SSSR count). The number of nitrogens with one attached hydrogen (secondary N) is 3. The Hall–Kier alpha value is -2.41. The van der Waals surface area contributed by atoms with E-state index in [-0.39, 0.29) is 17.4 Å². The first-order valence-corrected chi connectivity index (χ1v) is 12.2. The van der Waals surface area contributed by atoms with Gasteiger partial charge in [-0.3, -0.25) is 14.7 Å². The molecule has 5 nitrogen and oxygen atoms in total. The molecule has 1 saturated heterocycles. The predicted octanol–water partition coefficient (Wildman–Crippen LogP) is 5.03. The molecule has 180 valence electrons. The molecular weight excluding hydrogens is 487 g/mol. The lowest BCUT2D eigenvalue weighted by atomic mass is 9.86. The number of benzene rings is 2. The van der Waals surface area contributed by atoms with E-state index >= 15 is 0 Å². The number of nitrogens with zero attached hydrogens (tertiary/aromatic N) is 1. The summed E-state index contributed by atoms with van der Waals surface area (Å²) in [5.74, 6) is 0.808. The summed E-state index contributed by atoms with van der Waals surface area (Å²) >= 11 is 18.1. The second-order valence-electron chi connectivity index (χ2n) is 9.94. The Labute approximate surface area is 217 Å². The predicted molar refractivity (Wildman–Crippen MR) is 148 cm³/mol. The Morgan fingerprint density at radius 2 is 1.82 bits per heavy atom. The SMILES string of the molecule is CC(=O)Nc1ccc(N2C(=S)NC(=[NH+][C@@H](/C=C/c3ccc(Cl)cc3Cl)C(C)(C)C)C2(C)C)cc1. The highest BCUT2D eigenvalue weighted by Crippen LogP contribution is 2.30. The number of carbonyl (C=O) groups is 1. The normalized spacial score (nSPS) is 17.8. The summed E-state index contributed by atoms with van der Waals surface area (Å²) in [5.41, 5.74) is 2.05. The third-order valence-corrected chi connectivity index (χ3v) is 6.56. The third kappa shape index (κ3) is 5.98. The average molecular weight is 519 g/mol. The van der Waals surface area contributed by atoms with Gasteiger partial charge in [0.25, 0.3) is 10.9 Å². The van der Waals surface area contributed by atoms with Gasteiger partial charge in [0, 0.05) is 33.8 Å². The Balaban J connectivity index is 1.92. The van der Waals surface area contributed by atoms with Crippen LogP contribution in [0.5, 0.6) is 0 Å². The van der Waals surface area contributed by atoms with Crippen LogP contribution in [-0.2, 0) is 4.79 Å². The molecule has 1 fully saturated rings. The maximum absolute atomic E-state index is 11.3. The van der Waals surface area contributed by atoms with Gasteiger partial charge in [0.05, 0.1) is 0 Å². The summed E-state index contributed by atoms with van der Waals surface area (Å²) < 4.78 is 0. The standard InChI is InChI=1S/C26H30Cl2N4OS/c1-16(33)29-19-10-12-20(13-11-19)32-24(34)31-23(26(32,5)6)30-22(25(2,3)4)14-8-17-7-9-18(27)15-21(17)28/h7-15,22H,1-6H3,(H,29,33)(H,30,31,34)/p+1/b14-8+/t22-/m0/s1. The first kappa shape index (κ1) is 26.2. The Bertz CT molecular complexity index is 1150. The number of thiocarbonyl (C=S) groups is 1. The van der Waals surface area contributed by atoms with Crippen LogP contribution in [-0.4, -0.2) is 28.4 Å². The first-order valence-electron chi connectivity index (χ1n) is 11.0. The molecule has 1 aliphatic rings. The highest BCUT2D eigenvalue weighted by Gasteiger charge is 2.48. The van der Waals surface area contributed by atoms with Gasteiger partial charge in [0.2, 0.25) is 5.91 Å². The fraction of sp³-hybridized carbons (Fsp3) is 0.346. The van der Waals surface area contributed by atoms with Crippen molar-refractivity contribution in [1.82, 2.24) is 5.32 Å². The molecule has 2 aromatic rings. The van der Waals surface area contributed by atoms with E-state index in [9.17, 15) is 4.79 Å². The number of hydrogen-bond donors (Lipinski definition) is 3. The van der Waals surface area contributed by atoms with E-state index in [0.717, 1.165) is 22.8 Å². The quantitative estimate of drug-likeness (QED) is 0.486. The summed E-state index contributed by atoms with van der Waals surface area (Å²) in [6.07, 6.45) is 4.13. The number of carbonyl (C=O) groups excluding carboxylic acids is 1. The van der Waals surface area contributed by atoms with Gasteiger partial charge in [-0.05, 0) is 74.1 Å². The molecule has 1 atom stereocenters. The Morgan fingerprint density at radius 1 is 1.18 bits per heavy atom. The van der Waals surface area contributed by atoms with E-state index in [1.807, 2.05) is 42.5 Å².